The van der Waals surface area contributed by atoms with Crippen molar-refractivity contribution in [1.29, 1.82) is 0 Å². The number of alkyl carbamates (subject to hydrolysis) is 1. The molecule has 1 saturated carbocycles. The van der Waals surface area contributed by atoms with Crippen molar-refractivity contribution in [2.45, 2.75) is 66.0 Å². The zero-order chi connectivity index (χ0) is 34.3. The number of benzene rings is 3. The minimum atomic E-state index is -1.79. The zero-order valence-electron chi connectivity index (χ0n) is 28.4. The minimum absolute atomic E-state index is 0.0214. The summed E-state index contributed by atoms with van der Waals surface area (Å²) in [5.41, 5.74) is 2.49. The Bertz CT molecular complexity index is 1540. The number of nitrogens with one attached hydrogen (secondary N) is 1. The molecule has 2 aliphatic carbocycles. The predicted molar refractivity (Wildman–Crippen MR) is 187 cm³/mol. The second-order valence-electron chi connectivity index (χ2n) is 13.2. The number of hydrogen-bond donors (Lipinski definition) is 1. The van der Waals surface area contributed by atoms with Crippen molar-refractivity contribution in [3.05, 3.63) is 126 Å². The number of rotatable bonds is 12. The van der Waals surface area contributed by atoms with E-state index < -0.39 is 43.6 Å². The van der Waals surface area contributed by atoms with E-state index in [0.717, 1.165) is 17.5 Å². The van der Waals surface area contributed by atoms with Crippen molar-refractivity contribution in [2.75, 3.05) is 7.11 Å². The van der Waals surface area contributed by atoms with E-state index in [-0.39, 0.29) is 11.8 Å². The van der Waals surface area contributed by atoms with Crippen LogP contribution in [0.4, 0.5) is 4.79 Å². The molecule has 3 aromatic carbocycles. The number of fused-ring (bicyclic) bond motifs is 1. The highest BCUT2D eigenvalue weighted by molar-refractivity contribution is 7.41. The largest absolute Gasteiger partial charge is 0.497 e. The van der Waals surface area contributed by atoms with Gasteiger partial charge in [-0.3, -0.25) is 10.1 Å². The van der Waals surface area contributed by atoms with Crippen LogP contribution in [-0.2, 0) is 31.5 Å². The van der Waals surface area contributed by atoms with Gasteiger partial charge in [0.25, 0.3) is 5.91 Å². The Balaban J connectivity index is 1.38. The first-order valence-electron chi connectivity index (χ1n) is 16.4. The molecule has 2 aliphatic rings. The average molecular weight is 672 g/mol. The second-order valence-corrected chi connectivity index (χ2v) is 14.4. The van der Waals surface area contributed by atoms with Crippen LogP contribution >= 0.6 is 8.60 Å². The van der Waals surface area contributed by atoms with Crippen molar-refractivity contribution in [3.8, 4) is 5.75 Å². The fraction of sp³-hybridized carbons (Fsp3) is 0.385. The summed E-state index contributed by atoms with van der Waals surface area (Å²) in [6, 6.07) is 26.4. The standard InChI is InChI=1S/C39H46NO7P/c1-7-38(4)24-34(46-37(42)40-36(41)31-18-20-33(43-6)21-19-31)39(5)28(3)23-32(39)22-27(2)35(38)47-48(44-25-29-14-10-8-11-15-29)45-26-30-16-12-9-13-17-30/h7-22,27-28,34-35H,1,23-26H2,2-6H3,(H,40,41,42)/b32-22-/t27-,28?,34-,35?,38-,39-/m1/s1. The lowest BCUT2D eigenvalue weighted by Gasteiger charge is -2.56. The van der Waals surface area contributed by atoms with Crippen molar-refractivity contribution in [1.82, 2.24) is 5.32 Å². The summed E-state index contributed by atoms with van der Waals surface area (Å²) >= 11 is 0. The maximum Gasteiger partial charge on any atom is 0.414 e. The van der Waals surface area contributed by atoms with Crippen LogP contribution in [0.5, 0.6) is 5.75 Å². The molecule has 6 atom stereocenters. The summed E-state index contributed by atoms with van der Waals surface area (Å²) in [6.07, 6.45) is 3.69. The Morgan fingerprint density at radius 3 is 2.02 bits per heavy atom. The van der Waals surface area contributed by atoms with E-state index in [0.29, 0.717) is 30.9 Å². The molecule has 0 spiro atoms. The molecule has 5 rings (SSSR count). The van der Waals surface area contributed by atoms with Crippen molar-refractivity contribution in [2.24, 2.45) is 22.7 Å². The molecule has 0 aromatic heterocycles. The summed E-state index contributed by atoms with van der Waals surface area (Å²) in [6.45, 7) is 13.4. The fourth-order valence-electron chi connectivity index (χ4n) is 6.69. The smallest absolute Gasteiger partial charge is 0.414 e. The molecule has 0 heterocycles. The van der Waals surface area contributed by atoms with Crippen LogP contribution in [0.3, 0.4) is 0 Å². The third kappa shape index (κ3) is 8.07. The highest BCUT2D eigenvalue weighted by atomic mass is 31.2. The van der Waals surface area contributed by atoms with E-state index in [2.05, 4.69) is 45.7 Å². The first-order chi connectivity index (χ1) is 23.1. The Morgan fingerprint density at radius 1 is 0.917 bits per heavy atom. The lowest BCUT2D eigenvalue weighted by atomic mass is 9.51. The van der Waals surface area contributed by atoms with E-state index in [4.69, 9.17) is 23.0 Å². The van der Waals surface area contributed by atoms with Gasteiger partial charge in [-0.15, -0.1) is 6.58 Å². The van der Waals surface area contributed by atoms with Crippen LogP contribution in [0.25, 0.3) is 0 Å². The molecule has 48 heavy (non-hydrogen) atoms. The number of imide groups is 1. The van der Waals surface area contributed by atoms with Gasteiger partial charge < -0.3 is 23.0 Å². The molecule has 3 aromatic rings. The molecular formula is C39H46NO7P. The van der Waals surface area contributed by atoms with Gasteiger partial charge in [0.05, 0.1) is 26.4 Å². The number of amides is 2. The van der Waals surface area contributed by atoms with Crippen LogP contribution in [-0.4, -0.2) is 31.3 Å². The summed E-state index contributed by atoms with van der Waals surface area (Å²) in [5.74, 6) is 0.309. The minimum Gasteiger partial charge on any atom is -0.497 e. The maximum absolute atomic E-state index is 13.3. The van der Waals surface area contributed by atoms with Crippen LogP contribution in [0.15, 0.2) is 109 Å². The molecule has 0 saturated heterocycles. The Morgan fingerprint density at radius 2 is 1.50 bits per heavy atom. The number of hydrogen-bond acceptors (Lipinski definition) is 7. The van der Waals surface area contributed by atoms with Gasteiger partial charge >= 0.3 is 14.7 Å². The molecular weight excluding hydrogens is 625 g/mol. The summed E-state index contributed by atoms with van der Waals surface area (Å²) < 4.78 is 30.8. The number of methoxy groups -OCH3 is 1. The van der Waals surface area contributed by atoms with Gasteiger partial charge in [-0.05, 0) is 54.2 Å². The molecule has 0 radical (unpaired) electrons. The highest BCUT2D eigenvalue weighted by Crippen LogP contribution is 2.60. The van der Waals surface area contributed by atoms with Crippen molar-refractivity contribution >= 4 is 20.6 Å². The average Bonchev–Trinajstić information content (AvgIpc) is 3.10. The Labute approximate surface area is 285 Å². The molecule has 254 valence electrons. The first kappa shape index (κ1) is 35.5. The van der Waals surface area contributed by atoms with Crippen LogP contribution < -0.4 is 10.1 Å². The lowest BCUT2D eigenvalue weighted by molar-refractivity contribution is -0.0737. The van der Waals surface area contributed by atoms with Crippen LogP contribution in [0, 0.1) is 22.7 Å². The molecule has 0 bridgehead atoms. The van der Waals surface area contributed by atoms with Gasteiger partial charge in [0, 0.05) is 22.3 Å². The third-order valence-corrected chi connectivity index (χ3v) is 11.0. The first-order valence-corrected chi connectivity index (χ1v) is 17.5. The molecule has 0 aliphatic heterocycles. The third-order valence-electron chi connectivity index (χ3n) is 9.97. The van der Waals surface area contributed by atoms with Gasteiger partial charge in [-0.2, -0.15) is 0 Å². The SMILES string of the molecule is C=C[C@]1(C)C[C@@H](OC(=O)NC(=O)c2ccc(OC)cc2)[C@@]2(C)/C(=C\[C@@H](C)C1OP(OCc1ccccc1)OCc1ccccc1)CC2C. The molecule has 1 fully saturated rings. The molecule has 8 nitrogen and oxygen atoms in total. The van der Waals surface area contributed by atoms with Gasteiger partial charge in [0.1, 0.15) is 11.9 Å². The van der Waals surface area contributed by atoms with E-state index in [1.165, 1.54) is 5.57 Å². The Hall–Kier alpha value is -3.81. The van der Waals surface area contributed by atoms with E-state index in [1.54, 1.807) is 31.4 Å². The van der Waals surface area contributed by atoms with Gasteiger partial charge in [0.2, 0.25) is 0 Å². The molecule has 1 N–H and O–H groups in total. The quantitative estimate of drug-likeness (QED) is 0.152. The second kappa shape index (κ2) is 15.6. The van der Waals surface area contributed by atoms with Crippen LogP contribution in [0.2, 0.25) is 0 Å². The number of carbonyl (C=O) groups excluding carboxylic acids is 2. The molecule has 9 heteroatoms. The Kier molecular flexibility index (Phi) is 11.5. The fourth-order valence-corrected chi connectivity index (χ4v) is 8.02. The van der Waals surface area contributed by atoms with Gasteiger partial charge in [0.15, 0.2) is 0 Å². The van der Waals surface area contributed by atoms with Crippen molar-refractivity contribution in [3.63, 3.8) is 0 Å². The number of ether oxygens (including phenoxy) is 2. The molecule has 2 unspecified atom stereocenters. The maximum atomic E-state index is 13.3. The summed E-state index contributed by atoms with van der Waals surface area (Å²) in [5, 5.41) is 2.42. The lowest BCUT2D eigenvalue weighted by Crippen LogP contribution is -2.55. The predicted octanol–water partition coefficient (Wildman–Crippen LogP) is 9.18. The highest BCUT2D eigenvalue weighted by Gasteiger charge is 2.56. The topological polar surface area (TPSA) is 92.3 Å². The normalized spacial score (nSPS) is 27.7. The van der Waals surface area contributed by atoms with Gasteiger partial charge in [-0.25, -0.2) is 4.79 Å². The van der Waals surface area contributed by atoms with E-state index in [1.807, 2.05) is 66.7 Å². The van der Waals surface area contributed by atoms with Crippen LogP contribution in [0.1, 0.15) is 62.0 Å². The zero-order valence-corrected chi connectivity index (χ0v) is 29.3. The van der Waals surface area contributed by atoms with E-state index in [9.17, 15) is 9.59 Å². The summed E-state index contributed by atoms with van der Waals surface area (Å²) in [7, 11) is -0.242. The monoisotopic (exact) mass is 671 g/mol. The number of carbonyl (C=O) groups is 2. The van der Waals surface area contributed by atoms with Crippen molar-refractivity contribution < 1.29 is 32.6 Å². The molecule has 2 amide bonds. The van der Waals surface area contributed by atoms with E-state index >= 15 is 0 Å². The summed E-state index contributed by atoms with van der Waals surface area (Å²) in [4.78, 5) is 26.2. The van der Waals surface area contributed by atoms with Gasteiger partial charge in [-0.1, -0.05) is 106 Å².